The molecule has 1 N–H and O–H groups in total. The van der Waals surface area contributed by atoms with Gasteiger partial charge in [0.25, 0.3) is 0 Å². The zero-order chi connectivity index (χ0) is 16.3. The van der Waals surface area contributed by atoms with E-state index in [0.29, 0.717) is 13.2 Å². The number of carbonyl (C=O) groups excluding carboxylic acids is 1. The van der Waals surface area contributed by atoms with Gasteiger partial charge in [-0.15, -0.1) is 0 Å². The van der Waals surface area contributed by atoms with Gasteiger partial charge in [-0.1, -0.05) is 43.7 Å². The van der Waals surface area contributed by atoms with Gasteiger partial charge in [-0.3, -0.25) is 4.79 Å². The van der Waals surface area contributed by atoms with Crippen LogP contribution < -0.4 is 5.32 Å². The van der Waals surface area contributed by atoms with Crippen molar-refractivity contribution in [2.24, 2.45) is 0 Å². The Kier molecular flexibility index (Phi) is 5.24. The molecule has 1 heterocycles. The van der Waals surface area contributed by atoms with Gasteiger partial charge in [0.2, 0.25) is 5.91 Å². The van der Waals surface area contributed by atoms with Crippen LogP contribution in [0.15, 0.2) is 24.3 Å². The van der Waals surface area contributed by atoms with Crippen LogP contribution in [0.2, 0.25) is 0 Å². The molecule has 4 nitrogen and oxygen atoms in total. The van der Waals surface area contributed by atoms with E-state index in [1.165, 1.54) is 11.1 Å². The summed E-state index contributed by atoms with van der Waals surface area (Å²) in [7, 11) is 1.88. The third-order valence-electron chi connectivity index (χ3n) is 4.42. The Morgan fingerprint density at radius 2 is 2.00 bits per heavy atom. The molecule has 1 aliphatic rings. The molecule has 0 unspecified atom stereocenters. The Morgan fingerprint density at radius 1 is 1.36 bits per heavy atom. The second-order valence-electron chi connectivity index (χ2n) is 6.95. The fourth-order valence-electron chi connectivity index (χ4n) is 3.01. The molecule has 0 aromatic heterocycles. The molecule has 1 aromatic rings. The van der Waals surface area contributed by atoms with E-state index in [2.05, 4.69) is 50.4 Å². The molecule has 0 radical (unpaired) electrons. The number of likely N-dealkylation sites (N-methyl/N-ethyl adjacent to an activating group) is 1. The predicted molar refractivity (Wildman–Crippen MR) is 89.0 cm³/mol. The number of aryl methyl sites for hydroxylation is 1. The number of ether oxygens (including phenoxy) is 1. The maximum absolute atomic E-state index is 12.7. The molecule has 1 fully saturated rings. The first-order valence-electron chi connectivity index (χ1n) is 7.98. The summed E-state index contributed by atoms with van der Waals surface area (Å²) in [5, 5.41) is 3.27. The van der Waals surface area contributed by atoms with Crippen LogP contribution in [0.1, 0.15) is 31.9 Å². The van der Waals surface area contributed by atoms with Crippen molar-refractivity contribution < 1.29 is 9.53 Å². The van der Waals surface area contributed by atoms with Crippen molar-refractivity contribution in [2.75, 3.05) is 26.7 Å². The summed E-state index contributed by atoms with van der Waals surface area (Å²) >= 11 is 0. The maximum Gasteiger partial charge on any atom is 0.242 e. The van der Waals surface area contributed by atoms with Gasteiger partial charge < -0.3 is 15.0 Å². The van der Waals surface area contributed by atoms with Crippen LogP contribution in [0, 0.1) is 6.92 Å². The molecule has 2 rings (SSSR count). The Bertz CT molecular complexity index is 510. The molecular formula is C18H28N2O2. The van der Waals surface area contributed by atoms with Crippen molar-refractivity contribution in [1.82, 2.24) is 10.2 Å². The van der Waals surface area contributed by atoms with Crippen LogP contribution in [-0.2, 0) is 14.9 Å². The number of morpholine rings is 1. The van der Waals surface area contributed by atoms with Crippen molar-refractivity contribution in [1.29, 1.82) is 0 Å². The summed E-state index contributed by atoms with van der Waals surface area (Å²) in [6.07, 6.45) is -0.0776. The highest BCUT2D eigenvalue weighted by Gasteiger charge is 2.33. The molecule has 0 aliphatic carbocycles. The smallest absolute Gasteiger partial charge is 0.242 e. The number of rotatable bonds is 4. The van der Waals surface area contributed by atoms with Crippen molar-refractivity contribution in [3.05, 3.63) is 35.4 Å². The van der Waals surface area contributed by atoms with Crippen molar-refractivity contribution in [2.45, 2.75) is 45.3 Å². The maximum atomic E-state index is 12.7. The van der Waals surface area contributed by atoms with Crippen molar-refractivity contribution in [3.63, 3.8) is 0 Å². The minimum absolute atomic E-state index is 0.0776. The molecule has 22 heavy (non-hydrogen) atoms. The van der Waals surface area contributed by atoms with E-state index in [0.717, 1.165) is 6.54 Å². The highest BCUT2D eigenvalue weighted by molar-refractivity contribution is 5.82. The highest BCUT2D eigenvalue weighted by atomic mass is 16.5. The third-order valence-corrected chi connectivity index (χ3v) is 4.42. The molecule has 1 amide bonds. The molecular weight excluding hydrogens is 276 g/mol. The summed E-state index contributed by atoms with van der Waals surface area (Å²) in [4.78, 5) is 14.5. The SMILES string of the molecule is Cc1ccc(C(C)(C)CN(C)C(=O)[C@H]2NCCO[C@@H]2C)cc1. The van der Waals surface area contributed by atoms with Crippen LogP contribution in [-0.4, -0.2) is 49.7 Å². The number of benzene rings is 1. The van der Waals surface area contributed by atoms with Gasteiger partial charge in [-0.2, -0.15) is 0 Å². The average Bonchev–Trinajstić information content (AvgIpc) is 2.47. The summed E-state index contributed by atoms with van der Waals surface area (Å²) in [5.74, 6) is 0.104. The lowest BCUT2D eigenvalue weighted by Crippen LogP contribution is -2.56. The van der Waals surface area contributed by atoms with Gasteiger partial charge in [-0.25, -0.2) is 0 Å². The lowest BCUT2D eigenvalue weighted by atomic mass is 9.83. The summed E-state index contributed by atoms with van der Waals surface area (Å²) in [5.41, 5.74) is 2.41. The third kappa shape index (κ3) is 3.87. The van der Waals surface area contributed by atoms with E-state index in [1.54, 1.807) is 0 Å². The second kappa shape index (κ2) is 6.80. The topological polar surface area (TPSA) is 41.6 Å². The molecule has 1 saturated heterocycles. The second-order valence-corrected chi connectivity index (χ2v) is 6.95. The average molecular weight is 304 g/mol. The molecule has 0 bridgehead atoms. The first-order chi connectivity index (χ1) is 10.3. The lowest BCUT2D eigenvalue weighted by Gasteiger charge is -2.36. The summed E-state index contributed by atoms with van der Waals surface area (Å²) < 4.78 is 5.58. The predicted octanol–water partition coefficient (Wildman–Crippen LogP) is 2.11. The minimum atomic E-state index is -0.243. The number of nitrogens with zero attached hydrogens (tertiary/aromatic N) is 1. The fraction of sp³-hybridized carbons (Fsp3) is 0.611. The van der Waals surface area contributed by atoms with E-state index in [4.69, 9.17) is 4.74 Å². The quantitative estimate of drug-likeness (QED) is 0.926. The fourth-order valence-corrected chi connectivity index (χ4v) is 3.01. The number of nitrogens with one attached hydrogen (secondary N) is 1. The van der Waals surface area contributed by atoms with Gasteiger partial charge in [0.05, 0.1) is 12.7 Å². The van der Waals surface area contributed by atoms with Crippen LogP contribution in [0.4, 0.5) is 0 Å². The Hall–Kier alpha value is -1.39. The van der Waals surface area contributed by atoms with Crippen LogP contribution in [0.25, 0.3) is 0 Å². The molecule has 2 atom stereocenters. The van der Waals surface area contributed by atoms with Gasteiger partial charge in [0.15, 0.2) is 0 Å². The van der Waals surface area contributed by atoms with Gasteiger partial charge in [0.1, 0.15) is 6.04 Å². The van der Waals surface area contributed by atoms with Crippen LogP contribution in [0.5, 0.6) is 0 Å². The number of carbonyl (C=O) groups is 1. The van der Waals surface area contributed by atoms with E-state index < -0.39 is 0 Å². The normalized spacial score (nSPS) is 22.4. The first kappa shape index (κ1) is 17.0. The van der Waals surface area contributed by atoms with E-state index >= 15 is 0 Å². The molecule has 0 saturated carbocycles. The van der Waals surface area contributed by atoms with E-state index in [9.17, 15) is 4.79 Å². The largest absolute Gasteiger partial charge is 0.375 e. The van der Waals surface area contributed by atoms with Gasteiger partial charge in [0, 0.05) is 25.6 Å². The zero-order valence-electron chi connectivity index (χ0n) is 14.3. The van der Waals surface area contributed by atoms with Gasteiger partial charge in [-0.05, 0) is 19.4 Å². The zero-order valence-corrected chi connectivity index (χ0v) is 14.3. The van der Waals surface area contributed by atoms with Crippen LogP contribution in [0.3, 0.4) is 0 Å². The Morgan fingerprint density at radius 3 is 2.59 bits per heavy atom. The standard InChI is InChI=1S/C18H28N2O2/c1-13-6-8-15(9-7-13)18(3,4)12-20(5)17(21)16-14(2)22-11-10-19-16/h6-9,14,16,19H,10-12H2,1-5H3/t14-,16+/m1/s1. The molecule has 1 aliphatic heterocycles. The number of hydrogen-bond acceptors (Lipinski definition) is 3. The van der Waals surface area contributed by atoms with Crippen molar-refractivity contribution >= 4 is 5.91 Å². The highest BCUT2D eigenvalue weighted by Crippen LogP contribution is 2.25. The number of hydrogen-bond donors (Lipinski definition) is 1. The van der Waals surface area contributed by atoms with Crippen molar-refractivity contribution in [3.8, 4) is 0 Å². The molecule has 1 aromatic carbocycles. The molecule has 122 valence electrons. The lowest BCUT2D eigenvalue weighted by molar-refractivity contribution is -0.138. The first-order valence-corrected chi connectivity index (χ1v) is 7.98. The summed E-state index contributed by atoms with van der Waals surface area (Å²) in [6.45, 7) is 10.5. The Labute approximate surface area is 133 Å². The van der Waals surface area contributed by atoms with Gasteiger partial charge >= 0.3 is 0 Å². The minimum Gasteiger partial charge on any atom is -0.375 e. The summed E-state index contributed by atoms with van der Waals surface area (Å²) in [6, 6.07) is 8.30. The van der Waals surface area contributed by atoms with E-state index in [1.807, 2.05) is 18.9 Å². The Balaban J connectivity index is 2.04. The van der Waals surface area contributed by atoms with Crippen LogP contribution >= 0.6 is 0 Å². The molecule has 0 spiro atoms. The number of amides is 1. The monoisotopic (exact) mass is 304 g/mol. The van der Waals surface area contributed by atoms with E-state index in [-0.39, 0.29) is 23.5 Å². The molecule has 4 heteroatoms.